The van der Waals surface area contributed by atoms with Crippen molar-refractivity contribution in [2.75, 3.05) is 33.9 Å². The molecule has 148 valence electrons. The van der Waals surface area contributed by atoms with Crippen LogP contribution in [0.15, 0.2) is 48.5 Å². The maximum absolute atomic E-state index is 12.6. The third kappa shape index (κ3) is 3.84. The van der Waals surface area contributed by atoms with Crippen LogP contribution < -0.4 is 9.47 Å². The Balaban J connectivity index is 1.46. The number of rotatable bonds is 6. The number of methoxy groups -OCH3 is 2. The minimum Gasteiger partial charge on any atom is -0.497 e. The zero-order valence-electron chi connectivity index (χ0n) is 16.3. The normalized spacial score (nSPS) is 22.2. The van der Waals surface area contributed by atoms with Crippen molar-refractivity contribution in [1.82, 2.24) is 9.80 Å². The molecule has 1 amide bonds. The fourth-order valence-corrected chi connectivity index (χ4v) is 4.08. The number of hydrogen-bond donors (Lipinski definition) is 0. The van der Waals surface area contributed by atoms with Gasteiger partial charge in [-0.25, -0.2) is 0 Å². The third-order valence-corrected chi connectivity index (χ3v) is 5.55. The van der Waals surface area contributed by atoms with Crippen LogP contribution in [0.4, 0.5) is 0 Å². The van der Waals surface area contributed by atoms with E-state index in [0.29, 0.717) is 6.54 Å². The molecule has 2 atom stereocenters. The molecule has 0 bridgehead atoms. The summed E-state index contributed by atoms with van der Waals surface area (Å²) in [6.45, 7) is 3.14. The van der Waals surface area contributed by atoms with E-state index in [9.17, 15) is 4.79 Å². The van der Waals surface area contributed by atoms with Crippen LogP contribution in [-0.4, -0.2) is 61.8 Å². The van der Waals surface area contributed by atoms with Crippen LogP contribution >= 0.6 is 0 Å². The molecule has 2 aromatic carbocycles. The van der Waals surface area contributed by atoms with Crippen LogP contribution in [0.5, 0.6) is 11.5 Å². The van der Waals surface area contributed by atoms with Crippen molar-refractivity contribution in [3.8, 4) is 11.5 Å². The molecule has 2 aliphatic rings. The third-order valence-electron chi connectivity index (χ3n) is 5.55. The molecule has 0 spiro atoms. The minimum atomic E-state index is 0.0469. The molecular weight excluding hydrogens is 356 g/mol. The number of morpholine rings is 1. The number of hydrogen-bond acceptors (Lipinski definition) is 5. The second-order valence-electron chi connectivity index (χ2n) is 7.29. The van der Waals surface area contributed by atoms with Crippen molar-refractivity contribution in [2.45, 2.75) is 25.2 Å². The van der Waals surface area contributed by atoms with Crippen molar-refractivity contribution in [2.24, 2.45) is 0 Å². The van der Waals surface area contributed by atoms with E-state index in [2.05, 4.69) is 11.0 Å². The zero-order chi connectivity index (χ0) is 19.5. The van der Waals surface area contributed by atoms with E-state index in [1.165, 1.54) is 0 Å². The molecule has 2 fully saturated rings. The molecule has 0 aliphatic carbocycles. The standard InChI is InChI=1S/C22H26N2O4/c1-26-18-9-7-16(8-10-18)11-24-19-13-23(14-21(19)28-15-22(24)25)12-17-5-3-4-6-20(17)27-2/h3-10,19,21H,11-15H2,1-2H3. The van der Waals surface area contributed by atoms with Gasteiger partial charge >= 0.3 is 0 Å². The van der Waals surface area contributed by atoms with Gasteiger partial charge in [0, 0.05) is 31.7 Å². The highest BCUT2D eigenvalue weighted by molar-refractivity contribution is 5.78. The first-order valence-corrected chi connectivity index (χ1v) is 9.56. The van der Waals surface area contributed by atoms with Crippen molar-refractivity contribution in [3.63, 3.8) is 0 Å². The predicted octanol–water partition coefficient (Wildman–Crippen LogP) is 2.32. The van der Waals surface area contributed by atoms with Crippen LogP contribution in [0, 0.1) is 0 Å². The number of benzene rings is 2. The number of carbonyl (C=O) groups is 1. The first kappa shape index (κ1) is 18.8. The van der Waals surface area contributed by atoms with Crippen LogP contribution in [0.1, 0.15) is 11.1 Å². The average molecular weight is 382 g/mol. The summed E-state index contributed by atoms with van der Waals surface area (Å²) in [5, 5.41) is 0. The molecular formula is C22H26N2O4. The summed E-state index contributed by atoms with van der Waals surface area (Å²) in [6.07, 6.45) is 0.0469. The van der Waals surface area contributed by atoms with E-state index >= 15 is 0 Å². The molecule has 2 unspecified atom stereocenters. The molecule has 0 aromatic heterocycles. The molecule has 2 saturated heterocycles. The van der Waals surface area contributed by atoms with Crippen LogP contribution in [0.2, 0.25) is 0 Å². The lowest BCUT2D eigenvalue weighted by Crippen LogP contribution is -2.53. The largest absolute Gasteiger partial charge is 0.497 e. The molecule has 6 heteroatoms. The maximum Gasteiger partial charge on any atom is 0.249 e. The Morgan fingerprint density at radius 1 is 1.00 bits per heavy atom. The van der Waals surface area contributed by atoms with E-state index < -0.39 is 0 Å². The Morgan fingerprint density at radius 3 is 2.54 bits per heavy atom. The molecule has 2 aliphatic heterocycles. The summed E-state index contributed by atoms with van der Waals surface area (Å²) in [5.41, 5.74) is 2.25. The Bertz CT molecular complexity index is 824. The summed E-state index contributed by atoms with van der Waals surface area (Å²) in [6, 6.07) is 16.0. The number of ether oxygens (including phenoxy) is 3. The van der Waals surface area contributed by atoms with E-state index in [1.54, 1.807) is 14.2 Å². The number of amides is 1. The smallest absolute Gasteiger partial charge is 0.249 e. The van der Waals surface area contributed by atoms with Gasteiger partial charge in [-0.05, 0) is 23.8 Å². The quantitative estimate of drug-likeness (QED) is 0.768. The van der Waals surface area contributed by atoms with Gasteiger partial charge in [0.2, 0.25) is 5.91 Å². The Labute approximate surface area is 165 Å². The van der Waals surface area contributed by atoms with Crippen molar-refractivity contribution < 1.29 is 19.0 Å². The summed E-state index contributed by atoms with van der Waals surface area (Å²) in [4.78, 5) is 16.9. The fourth-order valence-electron chi connectivity index (χ4n) is 4.08. The van der Waals surface area contributed by atoms with E-state index in [4.69, 9.17) is 14.2 Å². The molecule has 4 rings (SSSR count). The van der Waals surface area contributed by atoms with Crippen molar-refractivity contribution in [1.29, 1.82) is 0 Å². The van der Waals surface area contributed by atoms with Gasteiger partial charge in [0.1, 0.15) is 18.1 Å². The molecule has 0 N–H and O–H groups in total. The van der Waals surface area contributed by atoms with Crippen molar-refractivity contribution in [3.05, 3.63) is 59.7 Å². The molecule has 28 heavy (non-hydrogen) atoms. The topological polar surface area (TPSA) is 51.2 Å². The molecule has 0 saturated carbocycles. The monoisotopic (exact) mass is 382 g/mol. The average Bonchev–Trinajstić information content (AvgIpc) is 3.14. The first-order valence-electron chi connectivity index (χ1n) is 9.56. The minimum absolute atomic E-state index is 0.0469. The van der Waals surface area contributed by atoms with Gasteiger partial charge in [0.25, 0.3) is 0 Å². The molecule has 6 nitrogen and oxygen atoms in total. The highest BCUT2D eigenvalue weighted by Gasteiger charge is 2.43. The van der Waals surface area contributed by atoms with E-state index in [0.717, 1.165) is 42.3 Å². The summed E-state index contributed by atoms with van der Waals surface area (Å²) in [7, 11) is 3.35. The number of likely N-dealkylation sites (tertiary alicyclic amines) is 1. The number of fused-ring (bicyclic) bond motifs is 1. The highest BCUT2D eigenvalue weighted by Crippen LogP contribution is 2.28. The number of carbonyl (C=O) groups excluding carboxylic acids is 1. The van der Waals surface area contributed by atoms with Crippen LogP contribution in [0.3, 0.4) is 0 Å². The number of para-hydroxylation sites is 1. The Kier molecular flexibility index (Phi) is 5.50. The molecule has 0 radical (unpaired) electrons. The van der Waals surface area contributed by atoms with Crippen LogP contribution in [0.25, 0.3) is 0 Å². The molecule has 2 aromatic rings. The van der Waals surface area contributed by atoms with Crippen molar-refractivity contribution >= 4 is 5.91 Å². The lowest BCUT2D eigenvalue weighted by atomic mass is 10.1. The lowest BCUT2D eigenvalue weighted by Gasteiger charge is -2.36. The van der Waals surface area contributed by atoms with Gasteiger partial charge in [0.15, 0.2) is 0 Å². The van der Waals surface area contributed by atoms with E-state index in [1.807, 2.05) is 47.4 Å². The van der Waals surface area contributed by atoms with Gasteiger partial charge in [-0.2, -0.15) is 0 Å². The van der Waals surface area contributed by atoms with Gasteiger partial charge in [-0.3, -0.25) is 9.69 Å². The maximum atomic E-state index is 12.6. The first-order chi connectivity index (χ1) is 13.7. The van der Waals surface area contributed by atoms with Gasteiger partial charge in [-0.1, -0.05) is 30.3 Å². The van der Waals surface area contributed by atoms with E-state index in [-0.39, 0.29) is 24.7 Å². The van der Waals surface area contributed by atoms with Gasteiger partial charge < -0.3 is 19.1 Å². The second-order valence-corrected chi connectivity index (χ2v) is 7.29. The lowest BCUT2D eigenvalue weighted by molar-refractivity contribution is -0.153. The van der Waals surface area contributed by atoms with Crippen LogP contribution in [-0.2, 0) is 22.6 Å². The number of nitrogens with zero attached hydrogens (tertiary/aromatic N) is 2. The SMILES string of the molecule is COc1ccc(CN2C(=O)COC3CN(Cc4ccccc4OC)CC32)cc1. The second kappa shape index (κ2) is 8.20. The molecule has 2 heterocycles. The van der Waals surface area contributed by atoms with Gasteiger partial charge in [-0.15, -0.1) is 0 Å². The summed E-state index contributed by atoms with van der Waals surface area (Å²) in [5.74, 6) is 1.76. The fraction of sp³-hybridized carbons (Fsp3) is 0.409. The Morgan fingerprint density at radius 2 is 1.79 bits per heavy atom. The predicted molar refractivity (Wildman–Crippen MR) is 105 cm³/mol. The summed E-state index contributed by atoms with van der Waals surface area (Å²) >= 11 is 0. The Hall–Kier alpha value is -2.57. The highest BCUT2D eigenvalue weighted by atomic mass is 16.5. The zero-order valence-corrected chi connectivity index (χ0v) is 16.3. The summed E-state index contributed by atoms with van der Waals surface area (Å²) < 4.78 is 16.6. The van der Waals surface area contributed by atoms with Gasteiger partial charge in [0.05, 0.1) is 26.4 Å².